The van der Waals surface area contributed by atoms with E-state index >= 15 is 0 Å². The minimum absolute atomic E-state index is 0.0198. The molecule has 8 heteroatoms. The van der Waals surface area contributed by atoms with Crippen LogP contribution in [0.5, 0.6) is 11.5 Å². The van der Waals surface area contributed by atoms with E-state index in [1.165, 1.54) is 18.3 Å². The summed E-state index contributed by atoms with van der Waals surface area (Å²) in [5.41, 5.74) is 0.452. The fourth-order valence-electron chi connectivity index (χ4n) is 2.66. The average molecular weight is 402 g/mol. The lowest BCUT2D eigenvalue weighted by Gasteiger charge is -2.15. The van der Waals surface area contributed by atoms with Gasteiger partial charge in [0.25, 0.3) is 0 Å². The number of fused-ring (bicyclic) bond motifs is 1. The van der Waals surface area contributed by atoms with Gasteiger partial charge in [-0.05, 0) is 39.7 Å². The van der Waals surface area contributed by atoms with Crippen LogP contribution in [0, 0.1) is 0 Å². The molecule has 3 rings (SSSR count). The molecule has 0 spiro atoms. The molecule has 0 unspecified atom stereocenters. The average Bonchev–Trinajstić information content (AvgIpc) is 2.74. The van der Waals surface area contributed by atoms with Crippen molar-refractivity contribution in [3.8, 4) is 11.5 Å². The smallest absolute Gasteiger partial charge is 0.175 e. The molecule has 5 nitrogen and oxygen atoms in total. The Hall–Kier alpha value is -1.51. The van der Waals surface area contributed by atoms with Crippen molar-refractivity contribution in [3.05, 3.63) is 46.2 Å². The van der Waals surface area contributed by atoms with Crippen molar-refractivity contribution in [1.29, 1.82) is 0 Å². The van der Waals surface area contributed by atoms with E-state index in [2.05, 4.69) is 20.9 Å². The molecule has 1 aliphatic carbocycles. The van der Waals surface area contributed by atoms with Gasteiger partial charge in [0.05, 0.1) is 11.1 Å². The van der Waals surface area contributed by atoms with Crippen LogP contribution >= 0.6 is 15.9 Å². The third kappa shape index (κ3) is 3.11. The molecule has 23 heavy (non-hydrogen) atoms. The lowest BCUT2D eigenvalue weighted by Crippen LogP contribution is -2.07. The van der Waals surface area contributed by atoms with Gasteiger partial charge in [0.1, 0.15) is 23.8 Å². The van der Waals surface area contributed by atoms with Gasteiger partial charge in [-0.15, -0.1) is 0 Å². The molecule has 1 aromatic carbocycles. The van der Waals surface area contributed by atoms with Crippen molar-refractivity contribution in [3.63, 3.8) is 0 Å². The van der Waals surface area contributed by atoms with Gasteiger partial charge >= 0.3 is 0 Å². The predicted molar refractivity (Wildman–Crippen MR) is 85.1 cm³/mol. The number of alkyl halides is 1. The van der Waals surface area contributed by atoms with E-state index in [0.29, 0.717) is 10.2 Å². The summed E-state index contributed by atoms with van der Waals surface area (Å²) in [7, 11) is -3.52. The Balaban J connectivity index is 2.11. The van der Waals surface area contributed by atoms with Crippen molar-refractivity contribution >= 4 is 25.8 Å². The Morgan fingerprint density at radius 2 is 2.13 bits per heavy atom. The van der Waals surface area contributed by atoms with E-state index in [1.54, 1.807) is 12.3 Å². The first-order chi connectivity index (χ1) is 10.8. The minimum atomic E-state index is -3.52. The number of hydrogen-bond acceptors (Lipinski definition) is 5. The van der Waals surface area contributed by atoms with E-state index in [-0.39, 0.29) is 28.2 Å². The van der Waals surface area contributed by atoms with Crippen molar-refractivity contribution in [1.82, 2.24) is 4.98 Å². The Labute approximate surface area is 141 Å². The highest BCUT2D eigenvalue weighted by molar-refractivity contribution is 9.10. The summed E-state index contributed by atoms with van der Waals surface area (Å²) >= 11 is 3.27. The van der Waals surface area contributed by atoms with E-state index in [9.17, 15) is 17.9 Å². The number of sulfone groups is 1. The maximum atomic E-state index is 13.9. The highest BCUT2D eigenvalue weighted by atomic mass is 79.9. The Morgan fingerprint density at radius 3 is 2.78 bits per heavy atom. The third-order valence-corrected chi connectivity index (χ3v) is 5.23. The molecule has 0 radical (unpaired) electrons. The van der Waals surface area contributed by atoms with E-state index in [1.807, 2.05) is 0 Å². The number of rotatable bonds is 3. The van der Waals surface area contributed by atoms with E-state index in [0.717, 1.165) is 6.26 Å². The second kappa shape index (κ2) is 5.85. The zero-order valence-corrected chi connectivity index (χ0v) is 14.4. The number of aliphatic hydroxyl groups excluding tert-OH is 1. The first-order valence-electron chi connectivity index (χ1n) is 6.73. The molecule has 0 amide bonds. The van der Waals surface area contributed by atoms with E-state index in [4.69, 9.17) is 4.74 Å². The van der Waals surface area contributed by atoms with Crippen molar-refractivity contribution in [2.75, 3.05) is 6.26 Å². The topological polar surface area (TPSA) is 76.5 Å². The van der Waals surface area contributed by atoms with Crippen LogP contribution in [0.2, 0.25) is 0 Å². The summed E-state index contributed by atoms with van der Waals surface area (Å²) in [6, 6.07) is 4.47. The fraction of sp³-hybridized carbons (Fsp3) is 0.267. The minimum Gasteiger partial charge on any atom is -0.455 e. The number of benzene rings is 1. The summed E-state index contributed by atoms with van der Waals surface area (Å²) < 4.78 is 44.0. The molecule has 1 aromatic heterocycles. The zero-order valence-electron chi connectivity index (χ0n) is 12.0. The fourth-order valence-corrected chi connectivity index (χ4v) is 3.96. The maximum absolute atomic E-state index is 13.9. The van der Waals surface area contributed by atoms with Crippen LogP contribution in [0.1, 0.15) is 17.2 Å². The summed E-state index contributed by atoms with van der Waals surface area (Å²) in [4.78, 5) is 3.98. The van der Waals surface area contributed by atoms with Crippen molar-refractivity contribution < 1.29 is 22.7 Å². The van der Waals surface area contributed by atoms with Gasteiger partial charge in [0.15, 0.2) is 9.84 Å². The van der Waals surface area contributed by atoms with Gasteiger partial charge in [-0.25, -0.2) is 12.8 Å². The van der Waals surface area contributed by atoms with Crippen LogP contribution in [-0.4, -0.2) is 30.9 Å². The number of aliphatic hydroxyl groups is 1. The van der Waals surface area contributed by atoms with Gasteiger partial charge < -0.3 is 9.84 Å². The van der Waals surface area contributed by atoms with Crippen LogP contribution in [0.25, 0.3) is 0 Å². The lowest BCUT2D eigenvalue weighted by molar-refractivity contribution is 0.0910. The highest BCUT2D eigenvalue weighted by Crippen LogP contribution is 2.44. The summed E-state index contributed by atoms with van der Waals surface area (Å²) in [5, 5.41) is 10.1. The molecule has 1 aliphatic rings. The summed E-state index contributed by atoms with van der Waals surface area (Å²) in [5.74, 6) is 0.614. The molecular formula is C15H13BrFNO4S. The van der Waals surface area contributed by atoms with Crippen molar-refractivity contribution in [2.24, 2.45) is 0 Å². The first kappa shape index (κ1) is 16.4. The molecule has 0 bridgehead atoms. The van der Waals surface area contributed by atoms with Crippen LogP contribution in [-0.2, 0) is 16.3 Å². The van der Waals surface area contributed by atoms with Crippen LogP contribution < -0.4 is 4.74 Å². The maximum Gasteiger partial charge on any atom is 0.175 e. The molecule has 1 N–H and O–H groups in total. The highest BCUT2D eigenvalue weighted by Gasteiger charge is 2.37. The largest absolute Gasteiger partial charge is 0.455 e. The van der Waals surface area contributed by atoms with Gasteiger partial charge in [-0.3, -0.25) is 4.98 Å². The molecule has 1 heterocycles. The SMILES string of the molecule is CS(=O)(=O)c1ccc(Oc2cncc(Br)c2)c2c1C[C@@H](F)[C@H]2O. The third-order valence-electron chi connectivity index (χ3n) is 3.62. The standard InChI is InChI=1S/C15H13BrFNO4S/c1-23(20,21)13-3-2-12(14-10(13)5-11(17)15(14)19)22-9-4-8(16)6-18-7-9/h2-4,6-7,11,15,19H,5H2,1H3/t11-,15-/m1/s1. The molecule has 0 aliphatic heterocycles. The summed E-state index contributed by atoms with van der Waals surface area (Å²) in [6.07, 6.45) is 0.969. The Bertz CT molecular complexity index is 872. The second-order valence-electron chi connectivity index (χ2n) is 5.33. The van der Waals surface area contributed by atoms with Gasteiger partial charge in [0.2, 0.25) is 0 Å². The van der Waals surface area contributed by atoms with Gasteiger partial charge in [0, 0.05) is 28.9 Å². The summed E-state index contributed by atoms with van der Waals surface area (Å²) in [6.45, 7) is 0. The Kier molecular flexibility index (Phi) is 4.16. The monoisotopic (exact) mass is 401 g/mol. The molecule has 122 valence electrons. The van der Waals surface area contributed by atoms with E-state index < -0.39 is 22.1 Å². The van der Waals surface area contributed by atoms with Gasteiger partial charge in [-0.1, -0.05) is 0 Å². The van der Waals surface area contributed by atoms with Crippen molar-refractivity contribution in [2.45, 2.75) is 23.6 Å². The number of aromatic nitrogens is 1. The molecule has 0 fully saturated rings. The molecule has 0 saturated heterocycles. The second-order valence-corrected chi connectivity index (χ2v) is 8.23. The van der Waals surface area contributed by atoms with Crippen LogP contribution in [0.4, 0.5) is 4.39 Å². The molecule has 2 atom stereocenters. The lowest BCUT2D eigenvalue weighted by atomic mass is 10.1. The molecule has 0 saturated carbocycles. The molecule has 2 aromatic rings. The number of ether oxygens (including phenoxy) is 1. The number of hydrogen-bond donors (Lipinski definition) is 1. The quantitative estimate of drug-likeness (QED) is 0.855. The first-order valence-corrected chi connectivity index (χ1v) is 9.42. The van der Waals surface area contributed by atoms with Gasteiger partial charge in [-0.2, -0.15) is 0 Å². The van der Waals surface area contributed by atoms with Crippen LogP contribution in [0.15, 0.2) is 40.0 Å². The predicted octanol–water partition coefficient (Wildman–Crippen LogP) is 2.97. The van der Waals surface area contributed by atoms with Crippen LogP contribution in [0.3, 0.4) is 0 Å². The number of nitrogens with zero attached hydrogens (tertiary/aromatic N) is 1. The molecular weight excluding hydrogens is 389 g/mol. The zero-order chi connectivity index (χ0) is 16.8. The Morgan fingerprint density at radius 1 is 1.39 bits per heavy atom. The number of pyridine rings is 1. The normalized spacial score (nSPS) is 20.3. The number of halogens is 2.